The van der Waals surface area contributed by atoms with Crippen LogP contribution < -0.4 is 5.32 Å². The fourth-order valence-corrected chi connectivity index (χ4v) is 3.54. The van der Waals surface area contributed by atoms with Gasteiger partial charge >= 0.3 is 0 Å². The molecule has 1 aromatic heterocycles. The van der Waals surface area contributed by atoms with Gasteiger partial charge in [-0.2, -0.15) is 5.10 Å². The molecule has 1 aliphatic carbocycles. The zero-order valence-electron chi connectivity index (χ0n) is 15.2. The van der Waals surface area contributed by atoms with Gasteiger partial charge in [0, 0.05) is 44.4 Å². The molecule has 6 nitrogen and oxygen atoms in total. The van der Waals surface area contributed by atoms with Crippen molar-refractivity contribution in [3.8, 4) is 0 Å². The van der Waals surface area contributed by atoms with E-state index in [4.69, 9.17) is 4.74 Å². The molecule has 1 aromatic carbocycles. The number of hydrogen-bond donors (Lipinski definition) is 1. The van der Waals surface area contributed by atoms with Crippen molar-refractivity contribution in [2.24, 2.45) is 12.0 Å². The van der Waals surface area contributed by atoms with Gasteiger partial charge < -0.3 is 15.0 Å². The van der Waals surface area contributed by atoms with Crippen LogP contribution in [0.5, 0.6) is 0 Å². The van der Waals surface area contributed by atoms with E-state index in [1.165, 1.54) is 12.0 Å². The monoisotopic (exact) mass is 467 g/mol. The van der Waals surface area contributed by atoms with Crippen molar-refractivity contribution in [2.75, 3.05) is 26.7 Å². The van der Waals surface area contributed by atoms with E-state index >= 15 is 0 Å². The number of nitrogens with zero attached hydrogens (tertiary/aromatic N) is 4. The van der Waals surface area contributed by atoms with Crippen LogP contribution in [0.4, 0.5) is 0 Å². The number of halogens is 1. The molecule has 3 atom stereocenters. The number of guanidine groups is 1. The molecule has 0 spiro atoms. The van der Waals surface area contributed by atoms with Crippen LogP contribution in [0.2, 0.25) is 0 Å². The average molecular weight is 467 g/mol. The lowest BCUT2D eigenvalue weighted by molar-refractivity contribution is -0.00806. The predicted octanol–water partition coefficient (Wildman–Crippen LogP) is 2.54. The maximum absolute atomic E-state index is 5.94. The van der Waals surface area contributed by atoms with Crippen LogP contribution in [0, 0.1) is 0 Å². The number of ether oxygens (including phenoxy) is 1. The van der Waals surface area contributed by atoms with E-state index in [0.29, 0.717) is 18.6 Å². The number of aromatic nitrogens is 2. The molecule has 2 fully saturated rings. The second-order valence-electron chi connectivity index (χ2n) is 6.80. The van der Waals surface area contributed by atoms with Gasteiger partial charge in [-0.25, -0.2) is 0 Å². The van der Waals surface area contributed by atoms with Crippen LogP contribution >= 0.6 is 24.0 Å². The average Bonchev–Trinajstić information content (AvgIpc) is 3.30. The van der Waals surface area contributed by atoms with E-state index in [0.717, 1.165) is 24.6 Å². The Morgan fingerprint density at radius 3 is 2.77 bits per heavy atom. The number of morpholine rings is 1. The molecule has 26 heavy (non-hydrogen) atoms. The van der Waals surface area contributed by atoms with Crippen LogP contribution in [-0.2, 0) is 11.8 Å². The number of aryl methyl sites for hydroxylation is 1. The van der Waals surface area contributed by atoms with Gasteiger partial charge in [-0.1, -0.05) is 30.3 Å². The quantitative estimate of drug-likeness (QED) is 0.429. The number of aliphatic imine (C=N–C) groups is 1. The first-order chi connectivity index (χ1) is 12.2. The third kappa shape index (κ3) is 4.20. The largest absolute Gasteiger partial charge is 0.370 e. The summed E-state index contributed by atoms with van der Waals surface area (Å²) < 4.78 is 7.75. The van der Waals surface area contributed by atoms with Crippen LogP contribution in [0.15, 0.2) is 47.7 Å². The van der Waals surface area contributed by atoms with Gasteiger partial charge in [-0.05, 0) is 12.0 Å². The summed E-state index contributed by atoms with van der Waals surface area (Å²) in [5.41, 5.74) is 2.53. The Hall–Kier alpha value is -1.61. The van der Waals surface area contributed by atoms with Crippen molar-refractivity contribution >= 4 is 29.9 Å². The van der Waals surface area contributed by atoms with E-state index in [1.807, 2.05) is 31.2 Å². The van der Waals surface area contributed by atoms with Crippen LogP contribution in [0.1, 0.15) is 29.6 Å². The minimum Gasteiger partial charge on any atom is -0.370 e. The molecule has 2 aromatic rings. The van der Waals surface area contributed by atoms with E-state index in [2.05, 4.69) is 50.6 Å². The molecule has 1 saturated carbocycles. The Labute approximate surface area is 171 Å². The highest BCUT2D eigenvalue weighted by Crippen LogP contribution is 2.40. The lowest BCUT2D eigenvalue weighted by Gasteiger charge is -2.34. The van der Waals surface area contributed by atoms with Crippen LogP contribution in [0.3, 0.4) is 0 Å². The molecule has 1 saturated heterocycles. The molecule has 3 unspecified atom stereocenters. The van der Waals surface area contributed by atoms with Crippen molar-refractivity contribution in [1.29, 1.82) is 0 Å². The molecule has 4 rings (SSSR count). The summed E-state index contributed by atoms with van der Waals surface area (Å²) in [7, 11) is 3.79. The smallest absolute Gasteiger partial charge is 0.194 e. The lowest BCUT2D eigenvalue weighted by Crippen LogP contribution is -2.48. The Morgan fingerprint density at radius 1 is 1.27 bits per heavy atom. The second-order valence-corrected chi connectivity index (χ2v) is 6.80. The van der Waals surface area contributed by atoms with Gasteiger partial charge in [0.1, 0.15) is 6.10 Å². The zero-order valence-corrected chi connectivity index (χ0v) is 17.5. The third-order valence-corrected chi connectivity index (χ3v) is 5.01. The summed E-state index contributed by atoms with van der Waals surface area (Å²) >= 11 is 0. The van der Waals surface area contributed by atoms with E-state index in [1.54, 1.807) is 0 Å². The standard InChI is InChI=1S/C19H25N5O.HI/c1-20-19(22-17-10-16(17)14-6-4-3-5-7-14)24-8-9-25-18(13-24)15-11-21-23(2)12-15;/h3-7,11-12,16-18H,8-10,13H2,1-2H3,(H,20,22);1H. The molecular formula is C19H26IN5O. The van der Waals surface area contributed by atoms with E-state index in [-0.39, 0.29) is 30.1 Å². The summed E-state index contributed by atoms with van der Waals surface area (Å²) in [5.74, 6) is 1.56. The topological polar surface area (TPSA) is 54.7 Å². The van der Waals surface area contributed by atoms with E-state index in [9.17, 15) is 0 Å². The zero-order chi connectivity index (χ0) is 17.2. The number of rotatable bonds is 3. The minimum absolute atomic E-state index is 0. The summed E-state index contributed by atoms with van der Waals surface area (Å²) in [6.45, 7) is 2.36. The Morgan fingerprint density at radius 2 is 2.08 bits per heavy atom. The van der Waals surface area contributed by atoms with Gasteiger partial charge in [-0.3, -0.25) is 9.67 Å². The first-order valence-corrected chi connectivity index (χ1v) is 8.88. The predicted molar refractivity (Wildman–Crippen MR) is 113 cm³/mol. The highest BCUT2D eigenvalue weighted by Gasteiger charge is 2.40. The molecule has 7 heteroatoms. The molecule has 0 amide bonds. The molecular weight excluding hydrogens is 441 g/mol. The molecule has 0 radical (unpaired) electrons. The summed E-state index contributed by atoms with van der Waals surface area (Å²) in [5, 5.41) is 7.89. The molecule has 140 valence electrons. The van der Waals surface area contributed by atoms with Gasteiger partial charge in [0.2, 0.25) is 0 Å². The fourth-order valence-electron chi connectivity index (χ4n) is 3.54. The fraction of sp³-hybridized carbons (Fsp3) is 0.474. The Kier molecular flexibility index (Phi) is 6.18. The van der Waals surface area contributed by atoms with Gasteiger partial charge in [0.15, 0.2) is 5.96 Å². The van der Waals surface area contributed by atoms with Crippen molar-refractivity contribution in [2.45, 2.75) is 24.5 Å². The molecule has 2 aliphatic rings. The van der Waals surface area contributed by atoms with Crippen LogP contribution in [-0.4, -0.2) is 53.4 Å². The van der Waals surface area contributed by atoms with Gasteiger partial charge in [0.05, 0.1) is 19.3 Å². The van der Waals surface area contributed by atoms with Crippen molar-refractivity contribution in [3.63, 3.8) is 0 Å². The third-order valence-electron chi connectivity index (χ3n) is 5.01. The Balaban J connectivity index is 0.00000196. The van der Waals surface area contributed by atoms with E-state index < -0.39 is 0 Å². The SMILES string of the molecule is CN=C(NC1CC1c1ccccc1)N1CCOC(c2cnn(C)c2)C1.I. The van der Waals surface area contributed by atoms with Crippen LogP contribution in [0.25, 0.3) is 0 Å². The second kappa shape index (κ2) is 8.39. The normalized spacial score (nSPS) is 25.5. The maximum Gasteiger partial charge on any atom is 0.194 e. The molecule has 0 bridgehead atoms. The summed E-state index contributed by atoms with van der Waals surface area (Å²) in [4.78, 5) is 6.80. The molecule has 2 heterocycles. The van der Waals surface area contributed by atoms with Gasteiger partial charge in [-0.15, -0.1) is 24.0 Å². The highest BCUT2D eigenvalue weighted by atomic mass is 127. The maximum atomic E-state index is 5.94. The first kappa shape index (κ1) is 19.2. The lowest BCUT2D eigenvalue weighted by atomic mass is 10.1. The van der Waals surface area contributed by atoms with Gasteiger partial charge in [0.25, 0.3) is 0 Å². The van der Waals surface area contributed by atoms with Crippen molar-refractivity contribution < 1.29 is 4.74 Å². The van der Waals surface area contributed by atoms with Crippen molar-refractivity contribution in [1.82, 2.24) is 20.0 Å². The number of nitrogens with one attached hydrogen (secondary N) is 1. The molecule has 1 N–H and O–H groups in total. The number of hydrogen-bond acceptors (Lipinski definition) is 3. The summed E-state index contributed by atoms with van der Waals surface area (Å²) in [6.07, 6.45) is 5.12. The molecule has 1 aliphatic heterocycles. The highest BCUT2D eigenvalue weighted by molar-refractivity contribution is 14.0. The minimum atomic E-state index is 0. The first-order valence-electron chi connectivity index (χ1n) is 8.88. The Bertz CT molecular complexity index is 747. The van der Waals surface area contributed by atoms with Crippen molar-refractivity contribution in [3.05, 3.63) is 53.9 Å². The number of benzene rings is 1. The summed E-state index contributed by atoms with van der Waals surface area (Å²) in [6, 6.07) is 11.2.